The monoisotopic (exact) mass is 441 g/mol. The summed E-state index contributed by atoms with van der Waals surface area (Å²) < 4.78 is 15.4. The third-order valence-corrected chi connectivity index (χ3v) is 6.46. The fourth-order valence-electron chi connectivity index (χ4n) is 3.23. The summed E-state index contributed by atoms with van der Waals surface area (Å²) in [6.07, 6.45) is 1.35. The van der Waals surface area contributed by atoms with Crippen LogP contribution in [-0.4, -0.2) is 15.5 Å². The normalized spacial score (nSPS) is 11.1. The number of benzene rings is 2. The van der Waals surface area contributed by atoms with Crippen molar-refractivity contribution in [3.8, 4) is 0 Å². The van der Waals surface area contributed by atoms with Crippen LogP contribution in [0.4, 0.5) is 10.1 Å². The Hall–Kier alpha value is -3.03. The zero-order valence-corrected chi connectivity index (χ0v) is 17.8. The molecule has 1 N–H and O–H groups in total. The van der Waals surface area contributed by atoms with Crippen molar-refractivity contribution in [3.05, 3.63) is 91.6 Å². The molecule has 152 valence electrons. The van der Waals surface area contributed by atoms with Crippen molar-refractivity contribution >= 4 is 44.7 Å². The summed E-state index contributed by atoms with van der Waals surface area (Å²) in [5, 5.41) is 3.47. The van der Waals surface area contributed by atoms with Crippen LogP contribution in [0.2, 0.25) is 5.02 Å². The third-order valence-electron chi connectivity index (χ3n) is 4.91. The molecule has 8 heteroatoms. The lowest BCUT2D eigenvalue weighted by Crippen LogP contribution is -2.22. The third kappa shape index (κ3) is 3.62. The van der Waals surface area contributed by atoms with Gasteiger partial charge in [-0.25, -0.2) is 9.37 Å². The number of para-hydroxylation sites is 1. The number of thiophene rings is 1. The lowest BCUT2D eigenvalue weighted by Gasteiger charge is -2.08. The molecule has 2 heterocycles. The van der Waals surface area contributed by atoms with E-state index in [9.17, 15) is 14.0 Å². The van der Waals surface area contributed by atoms with Crippen LogP contribution in [0.25, 0.3) is 10.2 Å². The van der Waals surface area contributed by atoms with Crippen LogP contribution in [-0.2, 0) is 6.54 Å². The summed E-state index contributed by atoms with van der Waals surface area (Å²) in [7, 11) is 0. The number of carbonyl (C=O) groups is 1. The molecule has 0 bridgehead atoms. The molecular weight excluding hydrogens is 425 g/mol. The van der Waals surface area contributed by atoms with Crippen molar-refractivity contribution in [3.63, 3.8) is 0 Å². The first-order valence-corrected chi connectivity index (χ1v) is 10.3. The number of carbonyl (C=O) groups excluding carboxylic acids is 1. The number of rotatable bonds is 4. The van der Waals surface area contributed by atoms with Gasteiger partial charge in [-0.05, 0) is 43.2 Å². The fraction of sp³-hybridized carbons (Fsp3) is 0.136. The molecule has 0 fully saturated rings. The average molecular weight is 442 g/mol. The van der Waals surface area contributed by atoms with Gasteiger partial charge in [0.2, 0.25) is 0 Å². The van der Waals surface area contributed by atoms with E-state index < -0.39 is 5.82 Å². The molecule has 0 atom stereocenters. The Labute approximate surface area is 180 Å². The van der Waals surface area contributed by atoms with E-state index in [0.29, 0.717) is 26.3 Å². The molecule has 0 saturated heterocycles. The van der Waals surface area contributed by atoms with Crippen molar-refractivity contribution in [1.82, 2.24) is 9.55 Å². The van der Waals surface area contributed by atoms with Crippen molar-refractivity contribution in [1.29, 1.82) is 0 Å². The topological polar surface area (TPSA) is 64.0 Å². The minimum Gasteiger partial charge on any atom is -0.321 e. The predicted octanol–water partition coefficient (Wildman–Crippen LogP) is 5.17. The molecule has 0 aliphatic rings. The van der Waals surface area contributed by atoms with Crippen LogP contribution < -0.4 is 10.9 Å². The first kappa shape index (κ1) is 20.3. The maximum absolute atomic E-state index is 14.1. The van der Waals surface area contributed by atoms with Crippen LogP contribution in [0.3, 0.4) is 0 Å². The van der Waals surface area contributed by atoms with Gasteiger partial charge in [-0.2, -0.15) is 0 Å². The molecule has 0 aliphatic heterocycles. The van der Waals surface area contributed by atoms with Crippen molar-refractivity contribution < 1.29 is 9.18 Å². The molecule has 4 aromatic rings. The van der Waals surface area contributed by atoms with Crippen molar-refractivity contribution in [2.45, 2.75) is 20.4 Å². The van der Waals surface area contributed by atoms with Crippen LogP contribution in [0.15, 0.2) is 53.6 Å². The number of nitrogens with zero attached hydrogens (tertiary/aromatic N) is 2. The lowest BCUT2D eigenvalue weighted by molar-refractivity contribution is 0.103. The van der Waals surface area contributed by atoms with Crippen LogP contribution in [0.5, 0.6) is 0 Å². The average Bonchev–Trinajstić information content (AvgIpc) is 3.05. The number of aromatic nitrogens is 2. The number of aryl methyl sites for hydroxylation is 2. The first-order chi connectivity index (χ1) is 14.4. The Bertz CT molecular complexity index is 1330. The van der Waals surface area contributed by atoms with E-state index >= 15 is 0 Å². The standard InChI is InChI=1S/C22H17ClFN3O2S/c1-12-6-3-4-9-17(12)26-20(28)19-13(2)18-21(30-19)25-11-27(22(18)29)10-14-15(23)7-5-8-16(14)24/h3-9,11H,10H2,1-2H3,(H,26,28). The van der Waals surface area contributed by atoms with Gasteiger partial charge in [0.15, 0.2) is 0 Å². The summed E-state index contributed by atoms with van der Waals surface area (Å²) in [4.78, 5) is 31.1. The zero-order chi connectivity index (χ0) is 21.4. The zero-order valence-electron chi connectivity index (χ0n) is 16.2. The maximum Gasteiger partial charge on any atom is 0.266 e. The minimum atomic E-state index is -0.491. The van der Waals surface area contributed by atoms with Crippen LogP contribution in [0.1, 0.15) is 26.4 Å². The molecule has 0 spiro atoms. The molecule has 5 nitrogen and oxygen atoms in total. The number of anilines is 1. The summed E-state index contributed by atoms with van der Waals surface area (Å²) in [5.41, 5.74) is 2.06. The molecule has 1 amide bonds. The second-order valence-corrected chi connectivity index (χ2v) is 8.29. The van der Waals surface area contributed by atoms with Gasteiger partial charge >= 0.3 is 0 Å². The summed E-state index contributed by atoms with van der Waals surface area (Å²) in [6, 6.07) is 11.8. The summed E-state index contributed by atoms with van der Waals surface area (Å²) in [5.74, 6) is -0.789. The van der Waals surface area contributed by atoms with Crippen molar-refractivity contribution in [2.75, 3.05) is 5.32 Å². The largest absolute Gasteiger partial charge is 0.321 e. The Kier molecular flexibility index (Phi) is 5.40. The van der Waals surface area contributed by atoms with Gasteiger partial charge in [0.05, 0.1) is 23.1 Å². The van der Waals surface area contributed by atoms with Gasteiger partial charge in [0.1, 0.15) is 10.6 Å². The second kappa shape index (κ2) is 8.01. The Morgan fingerprint density at radius 1 is 1.20 bits per heavy atom. The number of fused-ring (bicyclic) bond motifs is 1. The Balaban J connectivity index is 1.73. The number of halogens is 2. The second-order valence-electron chi connectivity index (χ2n) is 6.88. The quantitative estimate of drug-likeness (QED) is 0.475. The SMILES string of the molecule is Cc1ccccc1NC(=O)c1sc2ncn(Cc3c(F)cccc3Cl)c(=O)c2c1C. The Morgan fingerprint density at radius 2 is 1.97 bits per heavy atom. The number of hydrogen-bond donors (Lipinski definition) is 1. The van der Waals surface area contributed by atoms with Crippen LogP contribution >= 0.6 is 22.9 Å². The van der Waals surface area contributed by atoms with E-state index in [-0.39, 0.29) is 28.6 Å². The molecule has 2 aromatic heterocycles. The molecule has 2 aromatic carbocycles. The molecule has 0 radical (unpaired) electrons. The smallest absolute Gasteiger partial charge is 0.266 e. The van der Waals surface area contributed by atoms with Crippen molar-refractivity contribution in [2.24, 2.45) is 0 Å². The number of nitrogens with one attached hydrogen (secondary N) is 1. The van der Waals surface area contributed by atoms with E-state index in [2.05, 4.69) is 10.3 Å². The van der Waals surface area contributed by atoms with Gasteiger partial charge in [0, 0.05) is 16.3 Å². The van der Waals surface area contributed by atoms with Gasteiger partial charge < -0.3 is 5.32 Å². The molecule has 30 heavy (non-hydrogen) atoms. The Morgan fingerprint density at radius 3 is 2.70 bits per heavy atom. The van der Waals surface area contributed by atoms with E-state index in [1.165, 1.54) is 23.0 Å². The van der Waals surface area contributed by atoms with E-state index in [1.54, 1.807) is 13.0 Å². The van der Waals surface area contributed by atoms with Gasteiger partial charge in [-0.3, -0.25) is 14.2 Å². The molecule has 0 unspecified atom stereocenters. The van der Waals surface area contributed by atoms with E-state index in [1.807, 2.05) is 31.2 Å². The van der Waals surface area contributed by atoms with Gasteiger partial charge in [-0.15, -0.1) is 11.3 Å². The number of amides is 1. The number of hydrogen-bond acceptors (Lipinski definition) is 4. The first-order valence-electron chi connectivity index (χ1n) is 9.15. The highest BCUT2D eigenvalue weighted by molar-refractivity contribution is 7.20. The molecule has 4 rings (SSSR count). The maximum atomic E-state index is 14.1. The summed E-state index contributed by atoms with van der Waals surface area (Å²) >= 11 is 7.25. The molecular formula is C22H17ClFN3O2S. The van der Waals surface area contributed by atoms with Gasteiger partial charge in [0.25, 0.3) is 11.5 Å². The molecule has 0 saturated carbocycles. The highest BCUT2D eigenvalue weighted by Crippen LogP contribution is 2.28. The van der Waals surface area contributed by atoms with E-state index in [4.69, 9.17) is 11.6 Å². The minimum absolute atomic E-state index is 0.0483. The molecule has 0 aliphatic carbocycles. The van der Waals surface area contributed by atoms with Gasteiger partial charge in [-0.1, -0.05) is 35.9 Å². The van der Waals surface area contributed by atoms with E-state index in [0.717, 1.165) is 16.9 Å². The summed E-state index contributed by atoms with van der Waals surface area (Å²) in [6.45, 7) is 3.57. The fourth-order valence-corrected chi connectivity index (χ4v) is 4.49. The highest BCUT2D eigenvalue weighted by atomic mass is 35.5. The highest BCUT2D eigenvalue weighted by Gasteiger charge is 2.20. The predicted molar refractivity (Wildman–Crippen MR) is 118 cm³/mol. The van der Waals surface area contributed by atoms with Crippen LogP contribution in [0, 0.1) is 19.7 Å². The lowest BCUT2D eigenvalue weighted by atomic mass is 10.1.